The molecule has 0 saturated heterocycles. The molecule has 0 aliphatic carbocycles. The summed E-state index contributed by atoms with van der Waals surface area (Å²) in [5.74, 6) is 5.72. The van der Waals surface area contributed by atoms with E-state index in [1.807, 2.05) is 0 Å². The molecule has 2 rings (SSSR count). The lowest BCUT2D eigenvalue weighted by molar-refractivity contribution is 0.522. The zero-order valence-corrected chi connectivity index (χ0v) is 14.1. The van der Waals surface area contributed by atoms with Crippen LogP contribution in [0, 0.1) is 17.4 Å². The van der Waals surface area contributed by atoms with Crippen LogP contribution in [0.3, 0.4) is 0 Å². The van der Waals surface area contributed by atoms with Crippen molar-refractivity contribution >= 4 is 22.6 Å². The second-order valence-electron chi connectivity index (χ2n) is 5.39. The van der Waals surface area contributed by atoms with Crippen LogP contribution in [0.1, 0.15) is 22.3 Å². The van der Waals surface area contributed by atoms with Crippen LogP contribution in [-0.4, -0.2) is 6.04 Å². The van der Waals surface area contributed by atoms with E-state index in [-0.39, 0.29) is 6.04 Å². The number of hydrazine groups is 1. The van der Waals surface area contributed by atoms with E-state index in [9.17, 15) is 0 Å². The molecule has 20 heavy (non-hydrogen) atoms. The predicted molar refractivity (Wildman–Crippen MR) is 93.6 cm³/mol. The van der Waals surface area contributed by atoms with E-state index in [0.717, 1.165) is 12.8 Å². The van der Waals surface area contributed by atoms with Gasteiger partial charge in [0, 0.05) is 9.61 Å². The number of hydrogen-bond acceptors (Lipinski definition) is 2. The molecule has 0 radical (unpaired) electrons. The Morgan fingerprint density at radius 3 is 2.05 bits per heavy atom. The first-order valence-electron chi connectivity index (χ1n) is 6.84. The van der Waals surface area contributed by atoms with Crippen LogP contribution >= 0.6 is 22.6 Å². The number of aryl methyl sites for hydroxylation is 2. The lowest BCUT2D eigenvalue weighted by Gasteiger charge is -2.17. The van der Waals surface area contributed by atoms with Gasteiger partial charge in [-0.15, -0.1) is 0 Å². The van der Waals surface area contributed by atoms with Crippen molar-refractivity contribution in [3.63, 3.8) is 0 Å². The Balaban J connectivity index is 2.06. The quantitative estimate of drug-likeness (QED) is 0.473. The highest BCUT2D eigenvalue weighted by molar-refractivity contribution is 14.1. The van der Waals surface area contributed by atoms with Gasteiger partial charge in [-0.2, -0.15) is 0 Å². The minimum absolute atomic E-state index is 0.260. The topological polar surface area (TPSA) is 38.0 Å². The largest absolute Gasteiger partial charge is 0.271 e. The van der Waals surface area contributed by atoms with Crippen molar-refractivity contribution in [3.8, 4) is 0 Å². The first-order chi connectivity index (χ1) is 9.56. The minimum atomic E-state index is 0.260. The maximum atomic E-state index is 5.72. The lowest BCUT2D eigenvalue weighted by Crippen LogP contribution is -2.38. The molecule has 0 bridgehead atoms. The fourth-order valence-corrected chi connectivity index (χ4v) is 2.93. The second-order valence-corrected chi connectivity index (χ2v) is 6.64. The Kier molecular flexibility index (Phi) is 5.57. The third-order valence-electron chi connectivity index (χ3n) is 3.39. The van der Waals surface area contributed by atoms with Gasteiger partial charge in [0.05, 0.1) is 0 Å². The normalized spacial score (nSPS) is 12.4. The molecule has 0 amide bonds. The summed E-state index contributed by atoms with van der Waals surface area (Å²) in [4.78, 5) is 0. The average molecular weight is 380 g/mol. The number of nitrogens with two attached hydrogens (primary N) is 1. The van der Waals surface area contributed by atoms with E-state index in [1.165, 1.54) is 25.8 Å². The summed E-state index contributed by atoms with van der Waals surface area (Å²) < 4.78 is 1.26. The Bertz CT molecular complexity index is 543. The molecule has 1 unspecified atom stereocenters. The molecule has 1 atom stereocenters. The first-order valence-corrected chi connectivity index (χ1v) is 7.92. The zero-order valence-electron chi connectivity index (χ0n) is 12.0. The molecule has 0 spiro atoms. The fourth-order valence-electron chi connectivity index (χ4n) is 2.57. The van der Waals surface area contributed by atoms with Crippen molar-refractivity contribution in [2.75, 3.05) is 0 Å². The maximum absolute atomic E-state index is 5.72. The van der Waals surface area contributed by atoms with Crippen LogP contribution in [0.25, 0.3) is 0 Å². The third kappa shape index (κ3) is 4.58. The molecule has 0 aliphatic heterocycles. The molecule has 2 nitrogen and oxygen atoms in total. The molecular formula is C17H21IN2. The number of halogens is 1. The molecule has 3 N–H and O–H groups in total. The Hall–Kier alpha value is -0.910. The van der Waals surface area contributed by atoms with Gasteiger partial charge in [-0.05, 0) is 72.5 Å². The smallest absolute Gasteiger partial charge is 0.0291 e. The van der Waals surface area contributed by atoms with Gasteiger partial charge in [0.2, 0.25) is 0 Å². The summed E-state index contributed by atoms with van der Waals surface area (Å²) in [6.07, 6.45) is 1.89. The van der Waals surface area contributed by atoms with Crippen LogP contribution < -0.4 is 11.3 Å². The minimum Gasteiger partial charge on any atom is -0.271 e. The van der Waals surface area contributed by atoms with E-state index in [1.54, 1.807) is 0 Å². The summed E-state index contributed by atoms with van der Waals surface area (Å²) in [6.45, 7) is 4.28. The highest BCUT2D eigenvalue weighted by Gasteiger charge is 2.09. The molecule has 2 aromatic rings. The summed E-state index contributed by atoms with van der Waals surface area (Å²) in [5, 5.41) is 0. The molecule has 2 aromatic carbocycles. The Morgan fingerprint density at radius 2 is 1.50 bits per heavy atom. The van der Waals surface area contributed by atoms with Crippen molar-refractivity contribution in [2.24, 2.45) is 5.84 Å². The molecule has 0 fully saturated rings. The first kappa shape index (κ1) is 15.5. The second kappa shape index (κ2) is 7.20. The Morgan fingerprint density at radius 1 is 0.950 bits per heavy atom. The van der Waals surface area contributed by atoms with Gasteiger partial charge in [0.1, 0.15) is 0 Å². The number of rotatable bonds is 5. The molecule has 0 saturated carbocycles. The van der Waals surface area contributed by atoms with Crippen LogP contribution in [0.4, 0.5) is 0 Å². The van der Waals surface area contributed by atoms with Gasteiger partial charge < -0.3 is 0 Å². The molecule has 0 aromatic heterocycles. The summed E-state index contributed by atoms with van der Waals surface area (Å²) in [5.41, 5.74) is 8.23. The molecule has 106 valence electrons. The van der Waals surface area contributed by atoms with E-state index in [0.29, 0.717) is 0 Å². The third-order valence-corrected chi connectivity index (χ3v) is 4.11. The number of nitrogens with one attached hydrogen (secondary N) is 1. The number of hydrogen-bond donors (Lipinski definition) is 2. The van der Waals surface area contributed by atoms with Crippen molar-refractivity contribution in [2.45, 2.75) is 32.7 Å². The van der Waals surface area contributed by atoms with Gasteiger partial charge in [-0.3, -0.25) is 11.3 Å². The summed E-state index contributed by atoms with van der Waals surface area (Å²) in [7, 11) is 0. The average Bonchev–Trinajstić information content (AvgIpc) is 2.39. The van der Waals surface area contributed by atoms with E-state index >= 15 is 0 Å². The lowest BCUT2D eigenvalue weighted by atomic mass is 9.97. The highest BCUT2D eigenvalue weighted by atomic mass is 127. The van der Waals surface area contributed by atoms with E-state index in [2.05, 4.69) is 84.3 Å². The van der Waals surface area contributed by atoms with Crippen molar-refractivity contribution in [3.05, 3.63) is 68.3 Å². The molecule has 3 heteroatoms. The Labute approximate surface area is 134 Å². The van der Waals surface area contributed by atoms with Gasteiger partial charge >= 0.3 is 0 Å². The van der Waals surface area contributed by atoms with E-state index in [4.69, 9.17) is 5.84 Å². The maximum Gasteiger partial charge on any atom is 0.0291 e. The summed E-state index contributed by atoms with van der Waals surface area (Å²) in [6, 6.07) is 15.6. The van der Waals surface area contributed by atoms with Gasteiger partial charge in [-0.1, -0.05) is 41.5 Å². The molecular weight excluding hydrogens is 359 g/mol. The monoisotopic (exact) mass is 380 g/mol. The van der Waals surface area contributed by atoms with Crippen molar-refractivity contribution < 1.29 is 0 Å². The van der Waals surface area contributed by atoms with Gasteiger partial charge in [0.25, 0.3) is 0 Å². The molecule has 0 aliphatic rings. The van der Waals surface area contributed by atoms with E-state index < -0.39 is 0 Å². The van der Waals surface area contributed by atoms with Gasteiger partial charge in [0.15, 0.2) is 0 Å². The number of benzene rings is 2. The zero-order chi connectivity index (χ0) is 14.5. The van der Waals surface area contributed by atoms with Crippen LogP contribution in [0.5, 0.6) is 0 Å². The van der Waals surface area contributed by atoms with Gasteiger partial charge in [-0.25, -0.2) is 0 Å². The molecule has 0 heterocycles. The summed E-state index contributed by atoms with van der Waals surface area (Å²) >= 11 is 2.32. The van der Waals surface area contributed by atoms with Crippen LogP contribution in [0.15, 0.2) is 42.5 Å². The van der Waals surface area contributed by atoms with Crippen LogP contribution in [0.2, 0.25) is 0 Å². The van der Waals surface area contributed by atoms with Crippen molar-refractivity contribution in [1.82, 2.24) is 5.43 Å². The van der Waals surface area contributed by atoms with Crippen LogP contribution in [-0.2, 0) is 12.8 Å². The SMILES string of the molecule is Cc1cc(C)cc(CC(Cc2ccc(I)cc2)NN)c1. The van der Waals surface area contributed by atoms with Crippen molar-refractivity contribution in [1.29, 1.82) is 0 Å². The standard InChI is InChI=1S/C17H21IN2/c1-12-7-13(2)9-15(8-12)11-17(20-19)10-14-3-5-16(18)6-4-14/h3-9,17,20H,10-11,19H2,1-2H3. The highest BCUT2D eigenvalue weighted by Crippen LogP contribution is 2.14. The predicted octanol–water partition coefficient (Wildman–Crippen LogP) is 3.53. The fraction of sp³-hybridized carbons (Fsp3) is 0.294.